The lowest BCUT2D eigenvalue weighted by Gasteiger charge is -2.33. The number of hydrogen-bond acceptors (Lipinski definition) is 5. The van der Waals surface area contributed by atoms with E-state index in [0.29, 0.717) is 24.1 Å². The molecule has 2 aromatic carbocycles. The summed E-state index contributed by atoms with van der Waals surface area (Å²) in [5.41, 5.74) is 1.91. The number of amides is 1. The van der Waals surface area contributed by atoms with Crippen LogP contribution in [-0.4, -0.2) is 45.2 Å². The van der Waals surface area contributed by atoms with Crippen LogP contribution in [0.5, 0.6) is 0 Å². The Morgan fingerprint density at radius 2 is 1.96 bits per heavy atom. The largest absolute Gasteiger partial charge is 0.347 e. The smallest absolute Gasteiger partial charge is 0.251 e. The first-order valence-electron chi connectivity index (χ1n) is 8.92. The third-order valence-electron chi connectivity index (χ3n) is 4.91. The number of carbonyl (C=O) groups excluding carboxylic acids is 1. The van der Waals surface area contributed by atoms with Crippen molar-refractivity contribution < 1.29 is 13.6 Å². The van der Waals surface area contributed by atoms with Crippen LogP contribution in [0.2, 0.25) is 0 Å². The van der Waals surface area contributed by atoms with Crippen molar-refractivity contribution in [1.29, 1.82) is 0 Å². The van der Waals surface area contributed by atoms with Gasteiger partial charge in [-0.25, -0.2) is 13.5 Å². The number of hydrogen-bond donors (Lipinski definition) is 2. The van der Waals surface area contributed by atoms with Gasteiger partial charge >= 0.3 is 0 Å². The molecule has 0 bridgehead atoms. The lowest BCUT2D eigenvalue weighted by molar-refractivity contribution is 0.0924. The van der Waals surface area contributed by atoms with Crippen LogP contribution in [0, 0.1) is 11.6 Å². The average Bonchev–Trinajstić information content (AvgIpc) is 3.25. The Kier molecular flexibility index (Phi) is 5.07. The summed E-state index contributed by atoms with van der Waals surface area (Å²) in [6.07, 6.45) is 2.18. The maximum Gasteiger partial charge on any atom is 0.251 e. The van der Waals surface area contributed by atoms with Gasteiger partial charge in [0.15, 0.2) is 11.6 Å². The summed E-state index contributed by atoms with van der Waals surface area (Å²) >= 11 is 0. The van der Waals surface area contributed by atoms with Crippen LogP contribution in [0.3, 0.4) is 0 Å². The van der Waals surface area contributed by atoms with E-state index in [4.69, 9.17) is 0 Å². The number of halogens is 2. The molecular formula is C19H18F2N6O. The van der Waals surface area contributed by atoms with Crippen molar-refractivity contribution in [1.82, 2.24) is 30.8 Å². The summed E-state index contributed by atoms with van der Waals surface area (Å²) in [5.74, 6) is -2.08. The van der Waals surface area contributed by atoms with Crippen LogP contribution in [0.25, 0.3) is 5.69 Å². The number of rotatable bonds is 4. The molecule has 1 aliphatic heterocycles. The fraction of sp³-hybridized carbons (Fsp3) is 0.263. The minimum atomic E-state index is -0.876. The molecule has 2 atom stereocenters. The Labute approximate surface area is 159 Å². The fourth-order valence-electron chi connectivity index (χ4n) is 3.45. The highest BCUT2D eigenvalue weighted by atomic mass is 19.2. The summed E-state index contributed by atoms with van der Waals surface area (Å²) in [4.78, 5) is 12.7. The number of aromatic nitrogens is 4. The first-order chi connectivity index (χ1) is 13.6. The molecule has 2 unspecified atom stereocenters. The van der Waals surface area contributed by atoms with Crippen LogP contribution in [-0.2, 0) is 0 Å². The van der Waals surface area contributed by atoms with Gasteiger partial charge in [-0.15, -0.1) is 5.10 Å². The van der Waals surface area contributed by atoms with Crippen molar-refractivity contribution in [2.75, 3.05) is 13.1 Å². The highest BCUT2D eigenvalue weighted by Gasteiger charge is 2.28. The van der Waals surface area contributed by atoms with Crippen LogP contribution < -0.4 is 10.6 Å². The van der Waals surface area contributed by atoms with Gasteiger partial charge < -0.3 is 10.6 Å². The molecule has 7 nitrogen and oxygen atoms in total. The van der Waals surface area contributed by atoms with E-state index in [1.807, 2.05) is 0 Å². The molecule has 28 heavy (non-hydrogen) atoms. The van der Waals surface area contributed by atoms with Gasteiger partial charge in [-0.2, -0.15) is 0 Å². The molecule has 1 aromatic heterocycles. The molecule has 1 aliphatic rings. The Hall–Kier alpha value is -3.20. The molecule has 1 amide bonds. The van der Waals surface area contributed by atoms with Gasteiger partial charge in [0.05, 0.1) is 5.69 Å². The Balaban J connectivity index is 1.49. The highest BCUT2D eigenvalue weighted by Crippen LogP contribution is 2.27. The molecule has 0 radical (unpaired) electrons. The quantitative estimate of drug-likeness (QED) is 0.717. The van der Waals surface area contributed by atoms with Crippen molar-refractivity contribution in [3.8, 4) is 5.69 Å². The van der Waals surface area contributed by atoms with E-state index in [0.717, 1.165) is 18.3 Å². The predicted molar refractivity (Wildman–Crippen MR) is 97.0 cm³/mol. The predicted octanol–water partition coefficient (Wildman–Crippen LogP) is 1.82. The number of carbonyl (C=O) groups is 1. The van der Waals surface area contributed by atoms with Crippen LogP contribution in [0.15, 0.2) is 48.8 Å². The van der Waals surface area contributed by atoms with E-state index in [2.05, 4.69) is 26.2 Å². The molecule has 0 saturated carbocycles. The first-order valence-corrected chi connectivity index (χ1v) is 8.92. The van der Waals surface area contributed by atoms with Crippen molar-refractivity contribution in [3.05, 3.63) is 71.6 Å². The lowest BCUT2D eigenvalue weighted by atomic mass is 9.85. The van der Waals surface area contributed by atoms with E-state index in [-0.39, 0.29) is 17.9 Å². The Morgan fingerprint density at radius 1 is 1.14 bits per heavy atom. The van der Waals surface area contributed by atoms with Crippen LogP contribution >= 0.6 is 0 Å². The monoisotopic (exact) mass is 384 g/mol. The van der Waals surface area contributed by atoms with Gasteiger partial charge in [0.2, 0.25) is 0 Å². The molecular weight excluding hydrogens is 366 g/mol. The highest BCUT2D eigenvalue weighted by molar-refractivity contribution is 5.94. The lowest BCUT2D eigenvalue weighted by Crippen LogP contribution is -2.50. The fourth-order valence-corrected chi connectivity index (χ4v) is 3.45. The van der Waals surface area contributed by atoms with E-state index in [9.17, 15) is 13.6 Å². The summed E-state index contributed by atoms with van der Waals surface area (Å²) < 4.78 is 28.4. The Bertz CT molecular complexity index is 961. The number of benzene rings is 2. The van der Waals surface area contributed by atoms with Gasteiger partial charge in [0.1, 0.15) is 6.33 Å². The second-order valence-electron chi connectivity index (χ2n) is 6.65. The van der Waals surface area contributed by atoms with E-state index in [1.165, 1.54) is 17.1 Å². The summed E-state index contributed by atoms with van der Waals surface area (Å²) in [6, 6.07) is 10.6. The molecule has 1 saturated heterocycles. The minimum absolute atomic E-state index is 0.0965. The first kappa shape index (κ1) is 18.2. The zero-order valence-electron chi connectivity index (χ0n) is 14.8. The number of nitrogens with zero attached hydrogens (tertiary/aromatic N) is 4. The van der Waals surface area contributed by atoms with Crippen molar-refractivity contribution in [2.24, 2.45) is 0 Å². The zero-order valence-corrected chi connectivity index (χ0v) is 14.8. The van der Waals surface area contributed by atoms with Crippen molar-refractivity contribution >= 4 is 5.91 Å². The van der Waals surface area contributed by atoms with E-state index in [1.54, 1.807) is 30.3 Å². The average molecular weight is 384 g/mol. The molecule has 0 spiro atoms. The van der Waals surface area contributed by atoms with Gasteiger partial charge in [-0.05, 0) is 65.4 Å². The van der Waals surface area contributed by atoms with Crippen LogP contribution in [0.1, 0.15) is 28.3 Å². The standard InChI is InChI=1S/C19H18F2N6O/c20-16-6-3-13(9-17(16)21)15-7-8-22-10-18(15)24-19(28)12-1-4-14(5-2-12)27-11-23-25-26-27/h1-6,9,11,15,18,22H,7-8,10H2,(H,24,28). The zero-order chi connectivity index (χ0) is 19.5. The second kappa shape index (κ2) is 7.81. The van der Waals surface area contributed by atoms with Crippen LogP contribution in [0.4, 0.5) is 8.78 Å². The molecule has 2 heterocycles. The number of piperidine rings is 1. The van der Waals surface area contributed by atoms with Crippen molar-refractivity contribution in [2.45, 2.75) is 18.4 Å². The topological polar surface area (TPSA) is 84.7 Å². The van der Waals surface area contributed by atoms with Gasteiger partial charge in [-0.1, -0.05) is 6.07 Å². The van der Waals surface area contributed by atoms with Gasteiger partial charge in [-0.3, -0.25) is 4.79 Å². The van der Waals surface area contributed by atoms with E-state index >= 15 is 0 Å². The minimum Gasteiger partial charge on any atom is -0.347 e. The third-order valence-corrected chi connectivity index (χ3v) is 4.91. The molecule has 1 fully saturated rings. The summed E-state index contributed by atoms with van der Waals surface area (Å²) in [7, 11) is 0. The number of nitrogens with one attached hydrogen (secondary N) is 2. The molecule has 144 valence electrons. The maximum atomic E-state index is 13.6. The van der Waals surface area contributed by atoms with Gasteiger partial charge in [0.25, 0.3) is 5.91 Å². The molecule has 4 rings (SSSR count). The van der Waals surface area contributed by atoms with Gasteiger partial charge in [0, 0.05) is 24.1 Å². The summed E-state index contributed by atoms with van der Waals surface area (Å²) in [5, 5.41) is 17.2. The molecule has 9 heteroatoms. The summed E-state index contributed by atoms with van der Waals surface area (Å²) in [6.45, 7) is 1.30. The molecule has 0 aliphatic carbocycles. The molecule has 3 aromatic rings. The SMILES string of the molecule is O=C(NC1CNCCC1c1ccc(F)c(F)c1)c1ccc(-n2cnnn2)cc1. The van der Waals surface area contributed by atoms with E-state index < -0.39 is 11.6 Å². The number of tetrazole rings is 1. The Morgan fingerprint density at radius 3 is 2.68 bits per heavy atom. The van der Waals surface area contributed by atoms with Crippen molar-refractivity contribution in [3.63, 3.8) is 0 Å². The third kappa shape index (κ3) is 3.74. The maximum absolute atomic E-state index is 13.6. The normalized spacial score (nSPS) is 19.4. The second-order valence-corrected chi connectivity index (χ2v) is 6.65. The molecule has 2 N–H and O–H groups in total.